The van der Waals surface area contributed by atoms with Crippen LogP contribution in [0.4, 0.5) is 17.1 Å². The Bertz CT molecular complexity index is 857. The molecule has 1 N–H and O–H groups in total. The molecule has 2 aliphatic rings. The normalized spacial score (nSPS) is 16.9. The van der Waals surface area contributed by atoms with Gasteiger partial charge in [-0.3, -0.25) is 4.79 Å². The summed E-state index contributed by atoms with van der Waals surface area (Å²) in [5.41, 5.74) is 5.66. The van der Waals surface area contributed by atoms with E-state index in [2.05, 4.69) is 58.4 Å². The molecule has 0 bridgehead atoms. The van der Waals surface area contributed by atoms with Gasteiger partial charge in [-0.1, -0.05) is 31.2 Å². The standard InChI is InChI=1S/C25H33N3O3/c1-2-20-3-5-21(6-4-20)7-10-25(29)26-23-9-8-22(27-11-15-30-16-12-27)19-24(23)28-13-17-31-18-14-28/h3-6,8-9,19H,2,7,10-18H2,1H3,(H,26,29). The zero-order valence-corrected chi connectivity index (χ0v) is 18.4. The van der Waals surface area contributed by atoms with Crippen LogP contribution in [-0.4, -0.2) is 58.5 Å². The Morgan fingerprint density at radius 2 is 1.48 bits per heavy atom. The second-order valence-corrected chi connectivity index (χ2v) is 8.12. The van der Waals surface area contributed by atoms with Crippen molar-refractivity contribution in [2.75, 3.05) is 67.7 Å². The van der Waals surface area contributed by atoms with Crippen molar-refractivity contribution < 1.29 is 14.3 Å². The third-order valence-corrected chi connectivity index (χ3v) is 6.06. The summed E-state index contributed by atoms with van der Waals surface area (Å²) in [7, 11) is 0. The van der Waals surface area contributed by atoms with E-state index in [1.165, 1.54) is 16.8 Å². The van der Waals surface area contributed by atoms with Crippen molar-refractivity contribution in [3.05, 3.63) is 53.6 Å². The van der Waals surface area contributed by atoms with E-state index in [-0.39, 0.29) is 5.91 Å². The molecule has 0 unspecified atom stereocenters. The van der Waals surface area contributed by atoms with Crippen LogP contribution in [0.15, 0.2) is 42.5 Å². The molecule has 0 spiro atoms. The number of benzene rings is 2. The third-order valence-electron chi connectivity index (χ3n) is 6.06. The van der Waals surface area contributed by atoms with Crippen molar-refractivity contribution in [3.63, 3.8) is 0 Å². The first-order valence-electron chi connectivity index (χ1n) is 11.4. The number of aryl methyl sites for hydroxylation is 2. The number of nitrogens with one attached hydrogen (secondary N) is 1. The maximum atomic E-state index is 12.7. The van der Waals surface area contributed by atoms with Crippen LogP contribution >= 0.6 is 0 Å². The fraction of sp³-hybridized carbons (Fsp3) is 0.480. The van der Waals surface area contributed by atoms with Crippen LogP contribution in [0.5, 0.6) is 0 Å². The summed E-state index contributed by atoms with van der Waals surface area (Å²) in [5.74, 6) is 0.0493. The molecule has 2 aromatic carbocycles. The van der Waals surface area contributed by atoms with Gasteiger partial charge in [0.15, 0.2) is 0 Å². The highest BCUT2D eigenvalue weighted by molar-refractivity contribution is 5.95. The van der Waals surface area contributed by atoms with Gasteiger partial charge in [0, 0.05) is 38.3 Å². The van der Waals surface area contributed by atoms with Gasteiger partial charge >= 0.3 is 0 Å². The first-order chi connectivity index (χ1) is 15.2. The van der Waals surface area contributed by atoms with Gasteiger partial charge in [-0.25, -0.2) is 0 Å². The predicted molar refractivity (Wildman–Crippen MR) is 125 cm³/mol. The number of ether oxygens (including phenoxy) is 2. The number of amides is 1. The highest BCUT2D eigenvalue weighted by Crippen LogP contribution is 2.32. The molecule has 31 heavy (non-hydrogen) atoms. The first kappa shape index (κ1) is 21.7. The van der Waals surface area contributed by atoms with E-state index in [4.69, 9.17) is 9.47 Å². The maximum Gasteiger partial charge on any atom is 0.224 e. The molecule has 0 radical (unpaired) electrons. The van der Waals surface area contributed by atoms with E-state index in [1.54, 1.807) is 0 Å². The molecule has 6 nitrogen and oxygen atoms in total. The van der Waals surface area contributed by atoms with Crippen LogP contribution in [0.2, 0.25) is 0 Å². The highest BCUT2D eigenvalue weighted by Gasteiger charge is 2.19. The number of hydrogen-bond donors (Lipinski definition) is 1. The topological polar surface area (TPSA) is 54.0 Å². The fourth-order valence-electron chi connectivity index (χ4n) is 4.12. The largest absolute Gasteiger partial charge is 0.378 e. The third kappa shape index (κ3) is 5.77. The molecule has 2 fully saturated rings. The zero-order chi connectivity index (χ0) is 21.5. The van der Waals surface area contributed by atoms with Gasteiger partial charge in [-0.15, -0.1) is 0 Å². The van der Waals surface area contributed by atoms with Gasteiger partial charge in [0.1, 0.15) is 0 Å². The molecule has 1 amide bonds. The summed E-state index contributed by atoms with van der Waals surface area (Å²) in [6, 6.07) is 14.9. The number of carbonyl (C=O) groups excluding carboxylic acids is 1. The van der Waals surface area contributed by atoms with Gasteiger partial charge in [-0.2, -0.15) is 0 Å². The van der Waals surface area contributed by atoms with Crippen LogP contribution in [-0.2, 0) is 27.1 Å². The zero-order valence-electron chi connectivity index (χ0n) is 18.4. The molecule has 2 aliphatic heterocycles. The van der Waals surface area contributed by atoms with E-state index in [0.717, 1.165) is 63.6 Å². The Labute approximate surface area is 185 Å². The number of anilines is 3. The fourth-order valence-corrected chi connectivity index (χ4v) is 4.12. The minimum atomic E-state index is 0.0493. The molecule has 0 atom stereocenters. The second kappa shape index (κ2) is 10.6. The van der Waals surface area contributed by atoms with Crippen molar-refractivity contribution in [2.45, 2.75) is 26.2 Å². The lowest BCUT2D eigenvalue weighted by Gasteiger charge is -2.33. The van der Waals surface area contributed by atoms with Gasteiger partial charge in [0.25, 0.3) is 0 Å². The molecule has 2 heterocycles. The monoisotopic (exact) mass is 423 g/mol. The summed E-state index contributed by atoms with van der Waals surface area (Å²) in [6.45, 7) is 8.54. The minimum Gasteiger partial charge on any atom is -0.378 e. The Morgan fingerprint density at radius 1 is 0.871 bits per heavy atom. The quantitative estimate of drug-likeness (QED) is 0.739. The smallest absolute Gasteiger partial charge is 0.224 e. The molecule has 0 aromatic heterocycles. The Hall–Kier alpha value is -2.57. The molecule has 166 valence electrons. The first-order valence-corrected chi connectivity index (χ1v) is 11.4. The Morgan fingerprint density at radius 3 is 2.13 bits per heavy atom. The average molecular weight is 424 g/mol. The summed E-state index contributed by atoms with van der Waals surface area (Å²) in [4.78, 5) is 17.4. The SMILES string of the molecule is CCc1ccc(CCC(=O)Nc2ccc(N3CCOCC3)cc2N2CCOCC2)cc1. The summed E-state index contributed by atoms with van der Waals surface area (Å²) in [5, 5.41) is 3.17. The highest BCUT2D eigenvalue weighted by atomic mass is 16.5. The molecule has 6 heteroatoms. The summed E-state index contributed by atoms with van der Waals surface area (Å²) >= 11 is 0. The van der Waals surface area contributed by atoms with E-state index in [0.29, 0.717) is 19.6 Å². The average Bonchev–Trinajstić information content (AvgIpc) is 2.84. The molecule has 0 aliphatic carbocycles. The van der Waals surface area contributed by atoms with Crippen LogP contribution in [0.3, 0.4) is 0 Å². The number of hydrogen-bond acceptors (Lipinski definition) is 5. The molecule has 4 rings (SSSR count). The van der Waals surface area contributed by atoms with Crippen molar-refractivity contribution in [2.24, 2.45) is 0 Å². The van der Waals surface area contributed by atoms with Crippen LogP contribution in [0.25, 0.3) is 0 Å². The number of rotatable bonds is 7. The molecule has 2 aromatic rings. The van der Waals surface area contributed by atoms with Gasteiger partial charge in [-0.05, 0) is 42.2 Å². The number of carbonyl (C=O) groups is 1. The lowest BCUT2D eigenvalue weighted by Crippen LogP contribution is -2.38. The van der Waals surface area contributed by atoms with Gasteiger partial charge < -0.3 is 24.6 Å². The lowest BCUT2D eigenvalue weighted by molar-refractivity contribution is -0.116. The van der Waals surface area contributed by atoms with Gasteiger partial charge in [0.2, 0.25) is 5.91 Å². The molecule has 2 saturated heterocycles. The van der Waals surface area contributed by atoms with Crippen LogP contribution in [0, 0.1) is 0 Å². The molecular formula is C25H33N3O3. The van der Waals surface area contributed by atoms with E-state index in [1.807, 2.05) is 6.07 Å². The van der Waals surface area contributed by atoms with E-state index >= 15 is 0 Å². The predicted octanol–water partition coefficient (Wildman–Crippen LogP) is 3.49. The Balaban J connectivity index is 1.45. The second-order valence-electron chi connectivity index (χ2n) is 8.12. The molecular weight excluding hydrogens is 390 g/mol. The van der Waals surface area contributed by atoms with E-state index < -0.39 is 0 Å². The van der Waals surface area contributed by atoms with E-state index in [9.17, 15) is 4.79 Å². The summed E-state index contributed by atoms with van der Waals surface area (Å²) in [6.07, 6.45) is 2.25. The number of morpholine rings is 2. The number of nitrogens with zero attached hydrogens (tertiary/aromatic N) is 2. The van der Waals surface area contributed by atoms with Crippen molar-refractivity contribution >= 4 is 23.0 Å². The molecule has 0 saturated carbocycles. The lowest BCUT2D eigenvalue weighted by atomic mass is 10.1. The summed E-state index contributed by atoms with van der Waals surface area (Å²) < 4.78 is 11.0. The Kier molecular flexibility index (Phi) is 7.43. The van der Waals surface area contributed by atoms with Crippen LogP contribution in [0.1, 0.15) is 24.5 Å². The van der Waals surface area contributed by atoms with Gasteiger partial charge in [0.05, 0.1) is 37.8 Å². The van der Waals surface area contributed by atoms with Crippen molar-refractivity contribution in [1.82, 2.24) is 0 Å². The van der Waals surface area contributed by atoms with Crippen LogP contribution < -0.4 is 15.1 Å². The maximum absolute atomic E-state index is 12.7. The minimum absolute atomic E-state index is 0.0493. The van der Waals surface area contributed by atoms with Crippen molar-refractivity contribution in [3.8, 4) is 0 Å². The van der Waals surface area contributed by atoms with Crippen molar-refractivity contribution in [1.29, 1.82) is 0 Å².